The number of nitrogens with zero attached hydrogens (tertiary/aromatic N) is 1. The Hall–Kier alpha value is -3.22. The highest BCUT2D eigenvalue weighted by atomic mass is 19.1. The van der Waals surface area contributed by atoms with Crippen molar-refractivity contribution in [2.24, 2.45) is 5.92 Å². The summed E-state index contributed by atoms with van der Waals surface area (Å²) in [5.74, 6) is -3.07. The summed E-state index contributed by atoms with van der Waals surface area (Å²) < 4.78 is 13.8. The van der Waals surface area contributed by atoms with E-state index in [1.165, 1.54) is 19.3 Å². The maximum absolute atomic E-state index is 13.8. The van der Waals surface area contributed by atoms with Gasteiger partial charge in [-0.25, -0.2) is 9.37 Å². The summed E-state index contributed by atoms with van der Waals surface area (Å²) in [7, 11) is 0. The SMILES string of the molecule is C[C@@H](C(=O)O)[C@@H](NC(=O)c1cc(F)cc2[nH]cnc12)c1ccccc1. The van der Waals surface area contributed by atoms with Crippen molar-refractivity contribution in [3.63, 3.8) is 0 Å². The number of carbonyl (C=O) groups is 2. The second-order valence-electron chi connectivity index (χ2n) is 5.74. The third kappa shape index (κ3) is 3.35. The van der Waals surface area contributed by atoms with Crippen LogP contribution in [0.15, 0.2) is 48.8 Å². The summed E-state index contributed by atoms with van der Waals surface area (Å²) >= 11 is 0. The maximum atomic E-state index is 13.8. The van der Waals surface area contributed by atoms with E-state index in [0.29, 0.717) is 16.6 Å². The Labute approximate surface area is 142 Å². The molecule has 0 unspecified atom stereocenters. The fourth-order valence-electron chi connectivity index (χ4n) is 2.71. The van der Waals surface area contributed by atoms with Gasteiger partial charge in [-0.15, -0.1) is 0 Å². The highest BCUT2D eigenvalue weighted by Gasteiger charge is 2.28. The quantitative estimate of drug-likeness (QED) is 0.665. The first-order valence-electron chi connectivity index (χ1n) is 7.68. The zero-order valence-corrected chi connectivity index (χ0v) is 13.4. The molecule has 3 rings (SSSR count). The number of benzene rings is 2. The van der Waals surface area contributed by atoms with Crippen molar-refractivity contribution in [2.75, 3.05) is 0 Å². The second-order valence-corrected chi connectivity index (χ2v) is 5.74. The number of halogens is 1. The van der Waals surface area contributed by atoms with Crippen LogP contribution in [0.25, 0.3) is 11.0 Å². The first kappa shape index (κ1) is 16.6. The standard InChI is InChI=1S/C18H16FN3O3/c1-10(18(24)25)15(11-5-3-2-4-6-11)22-17(23)13-7-12(19)8-14-16(13)21-9-20-14/h2-10,15H,1H3,(H,20,21)(H,22,23)(H,24,25)/t10-,15-/m1/s1. The van der Waals surface area contributed by atoms with Crippen LogP contribution in [-0.4, -0.2) is 27.0 Å². The number of aromatic nitrogens is 2. The Bertz CT molecular complexity index is 924. The van der Waals surface area contributed by atoms with Crippen LogP contribution in [0.2, 0.25) is 0 Å². The number of hydrogen-bond donors (Lipinski definition) is 3. The van der Waals surface area contributed by atoms with Crippen LogP contribution in [0, 0.1) is 11.7 Å². The van der Waals surface area contributed by atoms with Crippen LogP contribution < -0.4 is 5.32 Å². The van der Waals surface area contributed by atoms with E-state index in [1.807, 2.05) is 0 Å². The lowest BCUT2D eigenvalue weighted by Gasteiger charge is -2.23. The Morgan fingerprint density at radius 3 is 2.64 bits per heavy atom. The number of aromatic amines is 1. The molecule has 1 amide bonds. The molecule has 6 nitrogen and oxygen atoms in total. The van der Waals surface area contributed by atoms with Gasteiger partial charge in [0.05, 0.1) is 29.4 Å². The van der Waals surface area contributed by atoms with Crippen LogP contribution in [0.1, 0.15) is 28.9 Å². The minimum absolute atomic E-state index is 0.0507. The Morgan fingerprint density at radius 1 is 1.24 bits per heavy atom. The average Bonchev–Trinajstić information content (AvgIpc) is 3.07. The summed E-state index contributed by atoms with van der Waals surface area (Å²) in [6, 6.07) is 10.4. The fraction of sp³-hybridized carbons (Fsp3) is 0.167. The summed E-state index contributed by atoms with van der Waals surface area (Å²) in [5, 5.41) is 12.1. The van der Waals surface area contributed by atoms with E-state index < -0.39 is 29.7 Å². The monoisotopic (exact) mass is 341 g/mol. The number of fused-ring (bicyclic) bond motifs is 1. The molecule has 3 aromatic rings. The number of carbonyl (C=O) groups excluding carboxylic acids is 1. The summed E-state index contributed by atoms with van der Waals surface area (Å²) in [5.41, 5.74) is 1.43. The second kappa shape index (κ2) is 6.72. The van der Waals surface area contributed by atoms with Crippen molar-refractivity contribution in [1.82, 2.24) is 15.3 Å². The van der Waals surface area contributed by atoms with Crippen molar-refractivity contribution < 1.29 is 19.1 Å². The van der Waals surface area contributed by atoms with Gasteiger partial charge in [-0.05, 0) is 24.6 Å². The molecule has 128 valence electrons. The lowest BCUT2D eigenvalue weighted by Crippen LogP contribution is -2.35. The van der Waals surface area contributed by atoms with Crippen molar-refractivity contribution in [3.05, 3.63) is 65.7 Å². The van der Waals surface area contributed by atoms with Gasteiger partial charge in [0.2, 0.25) is 0 Å². The Kier molecular flexibility index (Phi) is 4.47. The Morgan fingerprint density at radius 2 is 1.96 bits per heavy atom. The highest BCUT2D eigenvalue weighted by molar-refractivity contribution is 6.05. The molecule has 7 heteroatoms. The molecule has 3 N–H and O–H groups in total. The number of amides is 1. The van der Waals surface area contributed by atoms with Crippen LogP contribution in [-0.2, 0) is 4.79 Å². The average molecular weight is 341 g/mol. The van der Waals surface area contributed by atoms with Gasteiger partial charge in [0.1, 0.15) is 11.3 Å². The number of imidazole rings is 1. The molecule has 0 saturated carbocycles. The molecule has 2 atom stereocenters. The highest BCUT2D eigenvalue weighted by Crippen LogP contribution is 2.24. The topological polar surface area (TPSA) is 95.1 Å². The lowest BCUT2D eigenvalue weighted by atomic mass is 9.94. The number of aliphatic carboxylic acids is 1. The van der Waals surface area contributed by atoms with Crippen LogP contribution >= 0.6 is 0 Å². The van der Waals surface area contributed by atoms with Crippen LogP contribution in [0.5, 0.6) is 0 Å². The van der Waals surface area contributed by atoms with E-state index in [9.17, 15) is 19.1 Å². The molecule has 0 spiro atoms. The van der Waals surface area contributed by atoms with Crippen molar-refractivity contribution >= 4 is 22.9 Å². The zero-order valence-electron chi connectivity index (χ0n) is 13.4. The van der Waals surface area contributed by atoms with E-state index in [0.717, 1.165) is 6.07 Å². The third-order valence-electron chi connectivity index (χ3n) is 4.07. The van der Waals surface area contributed by atoms with E-state index in [4.69, 9.17) is 0 Å². The number of carboxylic acid groups (broad SMARTS) is 1. The third-order valence-corrected chi connectivity index (χ3v) is 4.07. The largest absolute Gasteiger partial charge is 0.481 e. The molecule has 0 aliphatic heterocycles. The van der Waals surface area contributed by atoms with Gasteiger partial charge in [0, 0.05) is 0 Å². The lowest BCUT2D eigenvalue weighted by molar-refractivity contribution is -0.142. The molecule has 2 aromatic carbocycles. The molecular formula is C18H16FN3O3. The molecule has 0 aliphatic rings. The molecule has 0 bridgehead atoms. The van der Waals surface area contributed by atoms with E-state index in [2.05, 4.69) is 15.3 Å². The van der Waals surface area contributed by atoms with Gasteiger partial charge < -0.3 is 15.4 Å². The van der Waals surface area contributed by atoms with Crippen LogP contribution in [0.3, 0.4) is 0 Å². The van der Waals surface area contributed by atoms with Gasteiger partial charge in [-0.3, -0.25) is 9.59 Å². The molecule has 25 heavy (non-hydrogen) atoms. The molecule has 0 fully saturated rings. The van der Waals surface area contributed by atoms with Crippen LogP contribution in [0.4, 0.5) is 4.39 Å². The molecule has 0 radical (unpaired) electrons. The van der Waals surface area contributed by atoms with Crippen molar-refractivity contribution in [3.8, 4) is 0 Å². The minimum Gasteiger partial charge on any atom is -0.481 e. The van der Waals surface area contributed by atoms with E-state index >= 15 is 0 Å². The number of rotatable bonds is 5. The number of carboxylic acids is 1. The van der Waals surface area contributed by atoms with E-state index in [1.54, 1.807) is 30.3 Å². The van der Waals surface area contributed by atoms with Crippen molar-refractivity contribution in [1.29, 1.82) is 0 Å². The predicted molar refractivity (Wildman–Crippen MR) is 89.5 cm³/mol. The number of H-pyrrole nitrogens is 1. The predicted octanol–water partition coefficient (Wildman–Crippen LogP) is 2.89. The fourth-order valence-corrected chi connectivity index (χ4v) is 2.71. The minimum atomic E-state index is -1.04. The summed E-state index contributed by atoms with van der Waals surface area (Å²) in [6.07, 6.45) is 1.37. The molecule has 1 heterocycles. The van der Waals surface area contributed by atoms with Gasteiger partial charge in [-0.2, -0.15) is 0 Å². The molecule has 0 saturated heterocycles. The van der Waals surface area contributed by atoms with Crippen molar-refractivity contribution in [2.45, 2.75) is 13.0 Å². The smallest absolute Gasteiger partial charge is 0.308 e. The van der Waals surface area contributed by atoms with Gasteiger partial charge in [-0.1, -0.05) is 30.3 Å². The Balaban J connectivity index is 1.97. The molecule has 0 aliphatic carbocycles. The number of hydrogen-bond acceptors (Lipinski definition) is 3. The zero-order chi connectivity index (χ0) is 18.0. The van der Waals surface area contributed by atoms with E-state index in [-0.39, 0.29) is 5.56 Å². The van der Waals surface area contributed by atoms with Gasteiger partial charge >= 0.3 is 5.97 Å². The van der Waals surface area contributed by atoms with Gasteiger partial charge in [0.15, 0.2) is 0 Å². The first-order chi connectivity index (χ1) is 12.0. The normalized spacial score (nSPS) is 13.4. The first-order valence-corrected chi connectivity index (χ1v) is 7.68. The summed E-state index contributed by atoms with van der Waals surface area (Å²) in [6.45, 7) is 1.51. The summed E-state index contributed by atoms with van der Waals surface area (Å²) in [4.78, 5) is 30.9. The molecule has 1 aromatic heterocycles. The molecular weight excluding hydrogens is 325 g/mol. The van der Waals surface area contributed by atoms with Gasteiger partial charge in [0.25, 0.3) is 5.91 Å². The number of nitrogens with one attached hydrogen (secondary N) is 2. The maximum Gasteiger partial charge on any atom is 0.308 e.